The summed E-state index contributed by atoms with van der Waals surface area (Å²) in [6, 6.07) is 0. The molecule has 0 aromatic carbocycles. The minimum absolute atomic E-state index is 0. The summed E-state index contributed by atoms with van der Waals surface area (Å²) in [5.41, 5.74) is 0. The first kappa shape index (κ1) is 22.9. The summed E-state index contributed by atoms with van der Waals surface area (Å²) in [6.07, 6.45) is 1.00. The predicted octanol–water partition coefficient (Wildman–Crippen LogP) is -8.34. The van der Waals surface area contributed by atoms with E-state index in [4.69, 9.17) is 20.7 Å². The van der Waals surface area contributed by atoms with Crippen molar-refractivity contribution in [2.45, 2.75) is 0 Å². The SMILES string of the molecule is N#C[O-].N#C[O-].[K+].[Na+]. The first-order chi connectivity index (χ1) is 2.83. The third-order valence-corrected chi connectivity index (χ3v) is 0. The largest absolute Gasteiger partial charge is 1.00 e. The van der Waals surface area contributed by atoms with Crippen molar-refractivity contribution in [1.29, 1.82) is 10.5 Å². The van der Waals surface area contributed by atoms with Crippen molar-refractivity contribution in [2.75, 3.05) is 0 Å². The van der Waals surface area contributed by atoms with Crippen molar-refractivity contribution < 1.29 is 91.2 Å². The van der Waals surface area contributed by atoms with E-state index in [1.807, 2.05) is 0 Å². The Hall–Kier alpha value is 1.22. The third kappa shape index (κ3) is 188. The van der Waals surface area contributed by atoms with E-state index >= 15 is 0 Å². The van der Waals surface area contributed by atoms with Gasteiger partial charge >= 0.3 is 80.9 Å². The second-order valence-corrected chi connectivity index (χ2v) is 0.183. The maximum Gasteiger partial charge on any atom is 1.00 e. The van der Waals surface area contributed by atoms with Crippen molar-refractivity contribution in [2.24, 2.45) is 0 Å². The summed E-state index contributed by atoms with van der Waals surface area (Å²) >= 11 is 0. The van der Waals surface area contributed by atoms with Gasteiger partial charge in [-0.15, -0.1) is 0 Å². The number of nitrogens with zero attached hydrogens (tertiary/aromatic N) is 2. The van der Waals surface area contributed by atoms with Crippen LogP contribution in [-0.2, 0) is 0 Å². The van der Waals surface area contributed by atoms with Gasteiger partial charge < -0.3 is 10.2 Å². The zero-order chi connectivity index (χ0) is 5.41. The van der Waals surface area contributed by atoms with Crippen molar-refractivity contribution in [3.63, 3.8) is 0 Å². The zero-order valence-corrected chi connectivity index (χ0v) is 9.83. The minimum atomic E-state index is 0. The fourth-order valence-electron chi connectivity index (χ4n) is 0. The van der Waals surface area contributed by atoms with Crippen molar-refractivity contribution in [1.82, 2.24) is 0 Å². The Bertz CT molecular complexity index is 73.0. The minimum Gasteiger partial charge on any atom is -0.812 e. The molecular formula is C2KN2NaO2. The summed E-state index contributed by atoms with van der Waals surface area (Å²) in [7, 11) is 0. The van der Waals surface area contributed by atoms with E-state index in [-0.39, 0.29) is 80.9 Å². The smallest absolute Gasteiger partial charge is 0.812 e. The zero-order valence-electron chi connectivity index (χ0n) is 4.71. The van der Waals surface area contributed by atoms with E-state index in [9.17, 15) is 0 Å². The Morgan fingerprint density at radius 2 is 1.00 bits per heavy atom. The van der Waals surface area contributed by atoms with Crippen LogP contribution in [0.25, 0.3) is 0 Å². The molecule has 8 heavy (non-hydrogen) atoms. The molecule has 0 fully saturated rings. The van der Waals surface area contributed by atoms with Gasteiger partial charge in [0.2, 0.25) is 0 Å². The van der Waals surface area contributed by atoms with Gasteiger partial charge in [-0.25, -0.2) is 10.5 Å². The molecule has 0 aromatic rings. The first-order valence-corrected chi connectivity index (χ1v) is 0.855. The Labute approximate surface area is 112 Å². The maximum absolute atomic E-state index is 8.24. The van der Waals surface area contributed by atoms with Crippen LogP contribution in [0.2, 0.25) is 0 Å². The van der Waals surface area contributed by atoms with E-state index in [2.05, 4.69) is 0 Å². The van der Waals surface area contributed by atoms with Crippen LogP contribution in [0.5, 0.6) is 0 Å². The first-order valence-electron chi connectivity index (χ1n) is 0.855. The molecule has 0 aliphatic rings. The van der Waals surface area contributed by atoms with Gasteiger partial charge in [-0.05, 0) is 0 Å². The topological polar surface area (TPSA) is 93.7 Å². The second kappa shape index (κ2) is 41.4. The van der Waals surface area contributed by atoms with Gasteiger partial charge in [0.1, 0.15) is 0 Å². The standard InChI is InChI=1S/2CHNO.K.Na/c2*2-1-3;;/h2*3H;;/q;;2*+1/p-2. The second-order valence-electron chi connectivity index (χ2n) is 0.183. The Kier molecular flexibility index (Phi) is 118. The number of nitriles is 2. The van der Waals surface area contributed by atoms with Crippen LogP contribution in [0.1, 0.15) is 0 Å². The summed E-state index contributed by atoms with van der Waals surface area (Å²) in [5, 5.41) is 30.0. The van der Waals surface area contributed by atoms with E-state index in [1.165, 1.54) is 0 Å². The summed E-state index contributed by atoms with van der Waals surface area (Å²) < 4.78 is 0. The molecule has 0 N–H and O–H groups in total. The summed E-state index contributed by atoms with van der Waals surface area (Å²) in [5.74, 6) is 0. The molecule has 0 aliphatic heterocycles. The average Bonchev–Trinajstić information content (AvgIpc) is 1.39. The van der Waals surface area contributed by atoms with Gasteiger partial charge in [-0.3, -0.25) is 0 Å². The molecule has 6 heteroatoms. The van der Waals surface area contributed by atoms with Gasteiger partial charge in [0, 0.05) is 12.5 Å². The van der Waals surface area contributed by atoms with Gasteiger partial charge in [0.25, 0.3) is 0 Å². The molecule has 0 amide bonds. The molecule has 4 nitrogen and oxygen atoms in total. The van der Waals surface area contributed by atoms with Crippen molar-refractivity contribution in [3.05, 3.63) is 0 Å². The van der Waals surface area contributed by atoms with Crippen LogP contribution >= 0.6 is 0 Å². The van der Waals surface area contributed by atoms with Crippen LogP contribution in [0, 0.1) is 23.0 Å². The third-order valence-electron chi connectivity index (χ3n) is 0. The molecule has 0 saturated heterocycles. The molecule has 0 aliphatic carbocycles. The van der Waals surface area contributed by atoms with E-state index in [0.717, 1.165) is 0 Å². The fraction of sp³-hybridized carbons (Fsp3) is 0. The molecule has 0 heterocycles. The summed E-state index contributed by atoms with van der Waals surface area (Å²) in [6.45, 7) is 0. The van der Waals surface area contributed by atoms with Crippen LogP contribution in [0.15, 0.2) is 0 Å². The monoisotopic (exact) mass is 146 g/mol. The van der Waals surface area contributed by atoms with Gasteiger partial charge in [-0.2, -0.15) is 0 Å². The number of hydrogen-bond acceptors (Lipinski definition) is 4. The maximum atomic E-state index is 8.24. The summed E-state index contributed by atoms with van der Waals surface area (Å²) in [4.78, 5) is 0. The van der Waals surface area contributed by atoms with Gasteiger partial charge in [-0.1, -0.05) is 0 Å². The van der Waals surface area contributed by atoms with Crippen LogP contribution in [0.3, 0.4) is 0 Å². The van der Waals surface area contributed by atoms with Crippen molar-refractivity contribution in [3.8, 4) is 12.5 Å². The normalized spacial score (nSPS) is 1.75. The van der Waals surface area contributed by atoms with Gasteiger partial charge in [0.15, 0.2) is 0 Å². The predicted molar refractivity (Wildman–Crippen MR) is 11.2 cm³/mol. The average molecular weight is 146 g/mol. The Balaban J connectivity index is -0.0000000160. The van der Waals surface area contributed by atoms with Gasteiger partial charge in [0.05, 0.1) is 0 Å². The van der Waals surface area contributed by atoms with E-state index < -0.39 is 0 Å². The molecule has 32 valence electrons. The Morgan fingerprint density at radius 1 is 1.00 bits per heavy atom. The molecule has 0 rings (SSSR count). The van der Waals surface area contributed by atoms with E-state index in [0.29, 0.717) is 12.5 Å². The Morgan fingerprint density at radius 3 is 1.00 bits per heavy atom. The molecule has 0 saturated carbocycles. The molecule has 0 atom stereocenters. The molecule has 0 bridgehead atoms. The van der Waals surface area contributed by atoms with Crippen LogP contribution in [0.4, 0.5) is 0 Å². The molecule has 0 radical (unpaired) electrons. The van der Waals surface area contributed by atoms with Crippen LogP contribution in [-0.4, -0.2) is 0 Å². The quantitative estimate of drug-likeness (QED) is 0.250. The number of hydrogen-bond donors (Lipinski definition) is 0. The molecule has 0 aromatic heterocycles. The molecule has 0 spiro atoms. The number of rotatable bonds is 0. The van der Waals surface area contributed by atoms with Crippen molar-refractivity contribution >= 4 is 0 Å². The molecule has 0 unspecified atom stereocenters. The van der Waals surface area contributed by atoms with Crippen LogP contribution < -0.4 is 91.2 Å². The van der Waals surface area contributed by atoms with E-state index in [1.54, 1.807) is 0 Å². The molecular weight excluding hydrogens is 146 g/mol. The fourth-order valence-corrected chi connectivity index (χ4v) is 0.